The maximum absolute atomic E-state index is 5.68. The normalized spacial score (nSPS) is 13.4. The highest BCUT2D eigenvalue weighted by molar-refractivity contribution is 7.46. The molecule has 0 heterocycles. The number of allylic oxidation sites excluding steroid dienone is 4. The zero-order valence-electron chi connectivity index (χ0n) is 10.2. The minimum Gasteiger partial charge on any atom is -0.439 e. The van der Waals surface area contributed by atoms with Gasteiger partial charge in [0.05, 0.1) is 0 Å². The van der Waals surface area contributed by atoms with Crippen LogP contribution in [-0.4, -0.2) is 6.66 Å². The fourth-order valence-corrected chi connectivity index (χ4v) is 2.07. The average Bonchev–Trinajstić information content (AvgIpc) is 2.30. The van der Waals surface area contributed by atoms with E-state index in [4.69, 9.17) is 9.05 Å². The lowest BCUT2D eigenvalue weighted by molar-refractivity contribution is 0.424. The Hall–Kier alpha value is -1.53. The molecule has 3 heteroatoms. The van der Waals surface area contributed by atoms with Gasteiger partial charge in [-0.25, -0.2) is 0 Å². The van der Waals surface area contributed by atoms with Gasteiger partial charge in [0.2, 0.25) is 0 Å². The molecule has 1 aromatic carbocycles. The third-order valence-corrected chi connectivity index (χ3v) is 2.76. The van der Waals surface area contributed by atoms with Gasteiger partial charge in [0, 0.05) is 6.66 Å². The Morgan fingerprint density at radius 2 is 2.00 bits per heavy atom. The molecule has 0 spiro atoms. The number of hydrogen-bond acceptors (Lipinski definition) is 2. The van der Waals surface area contributed by atoms with Crippen molar-refractivity contribution in [1.29, 1.82) is 0 Å². The first kappa shape index (κ1) is 13.5. The molecule has 0 fully saturated rings. The zero-order valence-corrected chi connectivity index (χ0v) is 11.1. The van der Waals surface area contributed by atoms with Crippen LogP contribution in [0.3, 0.4) is 0 Å². The SMILES string of the molecule is C=C/C=C(\C=C/C)OP(C)Oc1ccccc1. The number of hydrogen-bond donors (Lipinski definition) is 0. The summed E-state index contributed by atoms with van der Waals surface area (Å²) >= 11 is 0. The summed E-state index contributed by atoms with van der Waals surface area (Å²) in [6, 6.07) is 9.65. The molecule has 90 valence electrons. The summed E-state index contributed by atoms with van der Waals surface area (Å²) < 4.78 is 11.4. The number of benzene rings is 1. The molecule has 0 radical (unpaired) electrons. The van der Waals surface area contributed by atoms with E-state index < -0.39 is 8.38 Å². The Labute approximate surface area is 104 Å². The summed E-state index contributed by atoms with van der Waals surface area (Å²) in [7, 11) is -0.987. The first-order valence-electron chi connectivity index (χ1n) is 5.36. The standard InChI is InChI=1S/C14H17O2P/c1-4-9-13(10-5-2)15-17(3)16-14-11-7-6-8-12-14/h4-12H,1H2,2-3H3/b10-5-,13-9+. The van der Waals surface area contributed by atoms with Crippen LogP contribution < -0.4 is 4.52 Å². The lowest BCUT2D eigenvalue weighted by Gasteiger charge is -2.15. The zero-order chi connectivity index (χ0) is 12.5. The van der Waals surface area contributed by atoms with Crippen molar-refractivity contribution in [2.75, 3.05) is 6.66 Å². The summed E-state index contributed by atoms with van der Waals surface area (Å²) in [5.41, 5.74) is 0. The van der Waals surface area contributed by atoms with Crippen molar-refractivity contribution < 1.29 is 9.05 Å². The Kier molecular flexibility index (Phi) is 6.13. The Bertz CT molecular complexity index is 396. The van der Waals surface area contributed by atoms with Gasteiger partial charge in [-0.2, -0.15) is 0 Å². The second kappa shape index (κ2) is 7.70. The molecular formula is C14H17O2P. The van der Waals surface area contributed by atoms with E-state index in [2.05, 4.69) is 6.58 Å². The quantitative estimate of drug-likeness (QED) is 0.414. The molecule has 0 saturated carbocycles. The molecule has 17 heavy (non-hydrogen) atoms. The summed E-state index contributed by atoms with van der Waals surface area (Å²) in [5.74, 6) is 1.58. The maximum Gasteiger partial charge on any atom is 0.286 e. The third-order valence-electron chi connectivity index (χ3n) is 1.82. The van der Waals surface area contributed by atoms with Crippen molar-refractivity contribution in [3.8, 4) is 5.75 Å². The topological polar surface area (TPSA) is 18.5 Å². The van der Waals surface area contributed by atoms with Gasteiger partial charge in [0.25, 0.3) is 8.38 Å². The van der Waals surface area contributed by atoms with Crippen molar-refractivity contribution in [2.24, 2.45) is 0 Å². The summed E-state index contributed by atoms with van der Waals surface area (Å²) in [6.07, 6.45) is 7.31. The van der Waals surface area contributed by atoms with Gasteiger partial charge in [-0.3, -0.25) is 0 Å². The predicted molar refractivity (Wildman–Crippen MR) is 74.1 cm³/mol. The van der Waals surface area contributed by atoms with Gasteiger partial charge in [-0.15, -0.1) is 0 Å². The summed E-state index contributed by atoms with van der Waals surface area (Å²) in [6.45, 7) is 7.51. The van der Waals surface area contributed by atoms with Crippen LogP contribution in [0.5, 0.6) is 5.75 Å². The Balaban J connectivity index is 2.56. The minimum absolute atomic E-state index is 0.757. The van der Waals surface area contributed by atoms with Crippen molar-refractivity contribution >= 4 is 8.38 Å². The van der Waals surface area contributed by atoms with Gasteiger partial charge in [0.1, 0.15) is 11.5 Å². The van der Waals surface area contributed by atoms with Crippen LogP contribution in [0.4, 0.5) is 0 Å². The van der Waals surface area contributed by atoms with E-state index in [1.807, 2.05) is 62.1 Å². The number of para-hydroxylation sites is 1. The molecule has 1 atom stereocenters. The van der Waals surface area contributed by atoms with Crippen LogP contribution in [0.25, 0.3) is 0 Å². The molecule has 0 amide bonds. The Morgan fingerprint density at radius 1 is 1.29 bits per heavy atom. The molecule has 1 unspecified atom stereocenters. The lowest BCUT2D eigenvalue weighted by atomic mass is 10.3. The molecule has 0 aliphatic rings. The molecular weight excluding hydrogens is 231 g/mol. The molecule has 1 rings (SSSR count). The smallest absolute Gasteiger partial charge is 0.286 e. The second-order valence-electron chi connectivity index (χ2n) is 3.24. The predicted octanol–water partition coefficient (Wildman–Crippen LogP) is 4.67. The minimum atomic E-state index is -0.987. The highest BCUT2D eigenvalue weighted by Crippen LogP contribution is 2.37. The van der Waals surface area contributed by atoms with E-state index in [9.17, 15) is 0 Å². The first-order chi connectivity index (χ1) is 8.26. The van der Waals surface area contributed by atoms with Crippen molar-refractivity contribution in [3.05, 3.63) is 67.0 Å². The number of rotatable bonds is 6. The van der Waals surface area contributed by atoms with Crippen LogP contribution in [0, 0.1) is 0 Å². The molecule has 0 bridgehead atoms. The molecule has 2 nitrogen and oxygen atoms in total. The van der Waals surface area contributed by atoms with Gasteiger partial charge in [0.15, 0.2) is 0 Å². The summed E-state index contributed by atoms with van der Waals surface area (Å²) in [5, 5.41) is 0. The molecule has 0 N–H and O–H groups in total. The first-order valence-corrected chi connectivity index (χ1v) is 6.99. The average molecular weight is 248 g/mol. The van der Waals surface area contributed by atoms with Gasteiger partial charge in [-0.1, -0.05) is 36.9 Å². The maximum atomic E-state index is 5.68. The van der Waals surface area contributed by atoms with E-state index in [1.165, 1.54) is 0 Å². The van der Waals surface area contributed by atoms with Gasteiger partial charge in [-0.05, 0) is 31.2 Å². The van der Waals surface area contributed by atoms with Crippen LogP contribution in [0.15, 0.2) is 67.0 Å². The van der Waals surface area contributed by atoms with Crippen molar-refractivity contribution in [1.82, 2.24) is 0 Å². The van der Waals surface area contributed by atoms with E-state index >= 15 is 0 Å². The van der Waals surface area contributed by atoms with Crippen LogP contribution in [0.2, 0.25) is 0 Å². The monoisotopic (exact) mass is 248 g/mol. The summed E-state index contributed by atoms with van der Waals surface area (Å²) in [4.78, 5) is 0. The Morgan fingerprint density at radius 3 is 2.59 bits per heavy atom. The second-order valence-corrected chi connectivity index (χ2v) is 4.48. The molecule has 0 saturated heterocycles. The van der Waals surface area contributed by atoms with Crippen LogP contribution in [0.1, 0.15) is 6.92 Å². The van der Waals surface area contributed by atoms with E-state index in [-0.39, 0.29) is 0 Å². The molecule has 0 aromatic heterocycles. The lowest BCUT2D eigenvalue weighted by Crippen LogP contribution is -1.90. The van der Waals surface area contributed by atoms with E-state index in [0.29, 0.717) is 0 Å². The highest BCUT2D eigenvalue weighted by Gasteiger charge is 2.06. The van der Waals surface area contributed by atoms with Gasteiger partial charge < -0.3 is 9.05 Å². The van der Waals surface area contributed by atoms with E-state index in [1.54, 1.807) is 6.08 Å². The van der Waals surface area contributed by atoms with Crippen molar-refractivity contribution in [3.63, 3.8) is 0 Å². The van der Waals surface area contributed by atoms with Crippen molar-refractivity contribution in [2.45, 2.75) is 6.92 Å². The largest absolute Gasteiger partial charge is 0.439 e. The van der Waals surface area contributed by atoms with E-state index in [0.717, 1.165) is 11.5 Å². The fraction of sp³-hybridized carbons (Fsp3) is 0.143. The third kappa shape index (κ3) is 5.37. The van der Waals surface area contributed by atoms with Gasteiger partial charge >= 0.3 is 0 Å². The molecule has 1 aromatic rings. The highest BCUT2D eigenvalue weighted by atomic mass is 31.2. The van der Waals surface area contributed by atoms with Crippen LogP contribution in [-0.2, 0) is 4.52 Å². The molecule has 0 aliphatic carbocycles. The van der Waals surface area contributed by atoms with Crippen LogP contribution >= 0.6 is 8.38 Å². The molecule has 0 aliphatic heterocycles. The fourth-order valence-electron chi connectivity index (χ4n) is 1.19.